The van der Waals surface area contributed by atoms with Gasteiger partial charge < -0.3 is 14.8 Å². The fourth-order valence-electron chi connectivity index (χ4n) is 2.84. The van der Waals surface area contributed by atoms with Gasteiger partial charge >= 0.3 is 12.0 Å². The first-order valence-corrected chi connectivity index (χ1v) is 8.88. The Bertz CT molecular complexity index is 670. The van der Waals surface area contributed by atoms with E-state index in [1.807, 2.05) is 38.1 Å². The Hall–Kier alpha value is -1.86. The first kappa shape index (κ1) is 19.5. The van der Waals surface area contributed by atoms with Crippen molar-refractivity contribution in [3.05, 3.63) is 45.6 Å². The van der Waals surface area contributed by atoms with Crippen molar-refractivity contribution in [1.29, 1.82) is 0 Å². The van der Waals surface area contributed by atoms with E-state index in [4.69, 9.17) is 9.47 Å². The van der Waals surface area contributed by atoms with E-state index in [2.05, 4.69) is 21.2 Å². The number of rotatable bonds is 6. The highest BCUT2D eigenvalue weighted by Gasteiger charge is 2.37. The van der Waals surface area contributed by atoms with Crippen LogP contribution in [0.5, 0.6) is 0 Å². The first-order chi connectivity index (χ1) is 11.9. The minimum Gasteiger partial charge on any atom is -0.460 e. The van der Waals surface area contributed by atoms with E-state index in [9.17, 15) is 9.59 Å². The average Bonchev–Trinajstić information content (AvgIpc) is 2.54. The third kappa shape index (κ3) is 4.41. The highest BCUT2D eigenvalue weighted by molar-refractivity contribution is 9.10. The summed E-state index contributed by atoms with van der Waals surface area (Å²) in [6.45, 7) is 6.06. The summed E-state index contributed by atoms with van der Waals surface area (Å²) in [5.74, 6) is -0.451. The molecule has 25 heavy (non-hydrogen) atoms. The van der Waals surface area contributed by atoms with E-state index < -0.39 is 12.0 Å². The maximum Gasteiger partial charge on any atom is 0.338 e. The van der Waals surface area contributed by atoms with Gasteiger partial charge in [-0.05, 0) is 38.5 Å². The Morgan fingerprint density at radius 2 is 1.92 bits per heavy atom. The molecule has 6 nitrogen and oxygen atoms in total. The number of hydrogen-bond donors (Lipinski definition) is 1. The summed E-state index contributed by atoms with van der Waals surface area (Å²) in [6, 6.07) is 6.64. The van der Waals surface area contributed by atoms with Crippen molar-refractivity contribution < 1.29 is 19.1 Å². The molecule has 1 atom stereocenters. The quantitative estimate of drug-likeness (QED) is 0.576. The second-order valence-corrected chi connectivity index (χ2v) is 6.94. The van der Waals surface area contributed by atoms with E-state index in [-0.39, 0.29) is 18.7 Å². The number of ether oxygens (including phenoxy) is 2. The molecule has 0 unspecified atom stereocenters. The number of nitrogens with one attached hydrogen (secondary N) is 1. The van der Waals surface area contributed by atoms with Gasteiger partial charge in [0.05, 0.1) is 18.2 Å². The number of carbonyl (C=O) groups excluding carboxylic acids is 2. The molecule has 1 aromatic rings. The Morgan fingerprint density at radius 1 is 1.28 bits per heavy atom. The molecule has 2 rings (SSSR count). The summed E-state index contributed by atoms with van der Waals surface area (Å²) < 4.78 is 11.2. The Morgan fingerprint density at radius 3 is 2.48 bits per heavy atom. The Balaban J connectivity index is 2.43. The van der Waals surface area contributed by atoms with Gasteiger partial charge in [-0.1, -0.05) is 28.1 Å². The number of urea groups is 1. The van der Waals surface area contributed by atoms with Crippen molar-refractivity contribution in [1.82, 2.24) is 10.2 Å². The SMILES string of the molecule is COCCOC(=O)C1=C(C)N(C(C)C)C(=O)N[C@@H]1c1ccc(Br)cc1. The summed E-state index contributed by atoms with van der Waals surface area (Å²) in [5.41, 5.74) is 1.86. The molecule has 2 amide bonds. The molecule has 0 aliphatic carbocycles. The van der Waals surface area contributed by atoms with Crippen molar-refractivity contribution in [2.75, 3.05) is 20.3 Å². The number of amides is 2. The van der Waals surface area contributed by atoms with E-state index in [0.717, 1.165) is 10.0 Å². The van der Waals surface area contributed by atoms with Crippen LogP contribution in [0.2, 0.25) is 0 Å². The maximum absolute atomic E-state index is 12.7. The molecule has 0 saturated heterocycles. The van der Waals surface area contributed by atoms with E-state index in [1.54, 1.807) is 18.9 Å². The fraction of sp³-hybridized carbons (Fsp3) is 0.444. The molecule has 1 heterocycles. The molecule has 0 spiro atoms. The predicted octanol–water partition coefficient (Wildman–Crippen LogP) is 3.39. The van der Waals surface area contributed by atoms with Gasteiger partial charge in [-0.3, -0.25) is 4.90 Å². The number of benzene rings is 1. The van der Waals surface area contributed by atoms with E-state index >= 15 is 0 Å². The van der Waals surface area contributed by atoms with Crippen LogP contribution in [0.4, 0.5) is 4.79 Å². The summed E-state index contributed by atoms with van der Waals surface area (Å²) in [7, 11) is 1.55. The molecular weight excluding hydrogens is 388 g/mol. The largest absolute Gasteiger partial charge is 0.460 e. The third-order valence-electron chi connectivity index (χ3n) is 3.99. The van der Waals surface area contributed by atoms with Gasteiger partial charge in [-0.25, -0.2) is 9.59 Å². The molecule has 1 aromatic carbocycles. The highest BCUT2D eigenvalue weighted by atomic mass is 79.9. The number of hydrogen-bond acceptors (Lipinski definition) is 4. The molecule has 0 radical (unpaired) electrons. The maximum atomic E-state index is 12.7. The van der Waals surface area contributed by atoms with Crippen LogP contribution < -0.4 is 5.32 Å². The second kappa shape index (κ2) is 8.49. The van der Waals surface area contributed by atoms with Gasteiger partial charge in [0.25, 0.3) is 0 Å². The minimum atomic E-state index is -0.550. The molecule has 0 fully saturated rings. The standard InChI is InChI=1S/C18H23BrN2O4/c1-11(2)21-12(3)15(17(22)25-10-9-24-4)16(20-18(21)23)13-5-7-14(19)8-6-13/h5-8,11,16H,9-10H2,1-4H3,(H,20,23)/t16-/m1/s1. The van der Waals surface area contributed by atoms with Gasteiger partial charge in [-0.15, -0.1) is 0 Å². The van der Waals surface area contributed by atoms with Gasteiger partial charge in [0.15, 0.2) is 0 Å². The van der Waals surface area contributed by atoms with Crippen molar-refractivity contribution >= 4 is 27.9 Å². The van der Waals surface area contributed by atoms with E-state index in [1.165, 1.54) is 0 Å². The topological polar surface area (TPSA) is 67.9 Å². The van der Waals surface area contributed by atoms with Crippen LogP contribution in [0.1, 0.15) is 32.4 Å². The zero-order chi connectivity index (χ0) is 18.6. The normalized spacial score (nSPS) is 17.8. The number of carbonyl (C=O) groups is 2. The third-order valence-corrected chi connectivity index (χ3v) is 4.52. The number of methoxy groups -OCH3 is 1. The van der Waals surface area contributed by atoms with Gasteiger partial charge in [0, 0.05) is 23.3 Å². The molecule has 0 aromatic heterocycles. The van der Waals surface area contributed by atoms with Crippen molar-refractivity contribution in [3.63, 3.8) is 0 Å². The molecular formula is C18H23BrN2O4. The van der Waals surface area contributed by atoms with Crippen LogP contribution >= 0.6 is 15.9 Å². The van der Waals surface area contributed by atoms with Crippen molar-refractivity contribution in [2.45, 2.75) is 32.9 Å². The van der Waals surface area contributed by atoms with Crippen LogP contribution in [0.3, 0.4) is 0 Å². The lowest BCUT2D eigenvalue weighted by Gasteiger charge is -2.37. The molecule has 0 saturated carbocycles. The molecule has 1 N–H and O–H groups in total. The minimum absolute atomic E-state index is 0.0763. The smallest absolute Gasteiger partial charge is 0.338 e. The Kier molecular flexibility index (Phi) is 6.61. The van der Waals surface area contributed by atoms with Crippen LogP contribution in [0.25, 0.3) is 0 Å². The predicted molar refractivity (Wildman–Crippen MR) is 97.9 cm³/mol. The molecule has 1 aliphatic heterocycles. The van der Waals surface area contributed by atoms with Gasteiger partial charge in [-0.2, -0.15) is 0 Å². The van der Waals surface area contributed by atoms with E-state index in [0.29, 0.717) is 17.9 Å². The Labute approximate surface area is 156 Å². The number of allylic oxidation sites excluding steroid dienone is 1. The summed E-state index contributed by atoms with van der Waals surface area (Å²) in [6.07, 6.45) is 0. The van der Waals surface area contributed by atoms with Crippen molar-refractivity contribution in [2.24, 2.45) is 0 Å². The van der Waals surface area contributed by atoms with Crippen LogP contribution in [-0.4, -0.2) is 43.3 Å². The zero-order valence-corrected chi connectivity index (χ0v) is 16.4. The first-order valence-electron chi connectivity index (χ1n) is 8.08. The second-order valence-electron chi connectivity index (χ2n) is 6.03. The molecule has 7 heteroatoms. The zero-order valence-electron chi connectivity index (χ0n) is 14.8. The number of nitrogens with zero attached hydrogens (tertiary/aromatic N) is 1. The van der Waals surface area contributed by atoms with Crippen LogP contribution in [-0.2, 0) is 14.3 Å². The summed E-state index contributed by atoms with van der Waals surface area (Å²) in [4.78, 5) is 26.8. The summed E-state index contributed by atoms with van der Waals surface area (Å²) in [5, 5.41) is 2.92. The highest BCUT2D eigenvalue weighted by Crippen LogP contribution is 2.32. The lowest BCUT2D eigenvalue weighted by Crippen LogP contribution is -2.50. The molecule has 0 bridgehead atoms. The number of esters is 1. The molecule has 136 valence electrons. The van der Waals surface area contributed by atoms with Crippen LogP contribution in [0.15, 0.2) is 40.0 Å². The monoisotopic (exact) mass is 410 g/mol. The lowest BCUT2D eigenvalue weighted by molar-refractivity contribution is -0.140. The fourth-order valence-corrected chi connectivity index (χ4v) is 3.11. The van der Waals surface area contributed by atoms with Gasteiger partial charge in [0.1, 0.15) is 6.61 Å². The van der Waals surface area contributed by atoms with Crippen molar-refractivity contribution in [3.8, 4) is 0 Å². The summed E-state index contributed by atoms with van der Waals surface area (Å²) >= 11 is 3.39. The number of halogens is 1. The molecule has 1 aliphatic rings. The average molecular weight is 411 g/mol. The van der Waals surface area contributed by atoms with Gasteiger partial charge in [0.2, 0.25) is 0 Å². The van der Waals surface area contributed by atoms with Crippen LogP contribution in [0, 0.1) is 0 Å². The lowest BCUT2D eigenvalue weighted by atomic mass is 9.94.